The van der Waals surface area contributed by atoms with Gasteiger partial charge < -0.3 is 9.47 Å². The molecule has 2 atom stereocenters. The van der Waals surface area contributed by atoms with E-state index in [4.69, 9.17) is 0 Å². The minimum Gasteiger partial charge on any atom is -0.346 e. The highest BCUT2D eigenvalue weighted by Crippen LogP contribution is 2.29. The third-order valence-electron chi connectivity index (χ3n) is 5.76. The first-order valence-corrected chi connectivity index (χ1v) is 11.0. The number of amides is 1. The maximum Gasteiger partial charge on any atom is 0.225 e. The molecule has 0 saturated carbocycles. The van der Waals surface area contributed by atoms with Crippen LogP contribution in [0.15, 0.2) is 65.7 Å². The van der Waals surface area contributed by atoms with Crippen LogP contribution in [0.4, 0.5) is 0 Å². The van der Waals surface area contributed by atoms with Crippen LogP contribution in [0, 0.1) is 0 Å². The highest BCUT2D eigenvalue weighted by Gasteiger charge is 2.29. The van der Waals surface area contributed by atoms with Gasteiger partial charge in [-0.25, -0.2) is 0 Å². The molecule has 5 heterocycles. The number of hydrogen-bond donors (Lipinski definition) is 0. The van der Waals surface area contributed by atoms with Gasteiger partial charge in [0.25, 0.3) is 0 Å². The molecule has 4 aromatic rings. The molecule has 7 heteroatoms. The van der Waals surface area contributed by atoms with Crippen molar-refractivity contribution in [1.29, 1.82) is 0 Å². The molecule has 1 fully saturated rings. The molecule has 0 aromatic carbocycles. The maximum absolute atomic E-state index is 13.3. The van der Waals surface area contributed by atoms with Crippen LogP contribution in [-0.4, -0.2) is 43.1 Å². The van der Waals surface area contributed by atoms with E-state index in [1.807, 2.05) is 58.2 Å². The van der Waals surface area contributed by atoms with Crippen LogP contribution in [0.25, 0.3) is 5.65 Å². The molecule has 0 aliphatic carbocycles. The molecule has 5 rings (SSSR count). The van der Waals surface area contributed by atoms with Gasteiger partial charge in [-0.05, 0) is 59.5 Å². The lowest BCUT2D eigenvalue weighted by atomic mass is 9.96. The second kappa shape index (κ2) is 7.83. The average molecular weight is 406 g/mol. The van der Waals surface area contributed by atoms with Crippen molar-refractivity contribution in [3.8, 4) is 0 Å². The summed E-state index contributed by atoms with van der Waals surface area (Å²) in [7, 11) is 0. The minimum atomic E-state index is 0.0399. The summed E-state index contributed by atoms with van der Waals surface area (Å²) in [4.78, 5) is 15.3. The molecule has 1 amide bonds. The van der Waals surface area contributed by atoms with Crippen molar-refractivity contribution >= 4 is 22.9 Å². The van der Waals surface area contributed by atoms with Crippen molar-refractivity contribution in [2.24, 2.45) is 0 Å². The number of hydrogen-bond acceptors (Lipinski definition) is 4. The topological polar surface area (TPSA) is 55.4 Å². The molecule has 1 aliphatic heterocycles. The summed E-state index contributed by atoms with van der Waals surface area (Å²) < 4.78 is 4.18. The Morgan fingerprint density at radius 1 is 1.14 bits per heavy atom. The fourth-order valence-electron chi connectivity index (χ4n) is 4.26. The maximum atomic E-state index is 13.3. The van der Waals surface area contributed by atoms with Crippen molar-refractivity contribution in [2.75, 3.05) is 13.1 Å². The summed E-state index contributed by atoms with van der Waals surface area (Å²) in [5.74, 6) is 1.38. The van der Waals surface area contributed by atoms with Gasteiger partial charge in [-0.1, -0.05) is 6.07 Å². The van der Waals surface area contributed by atoms with Crippen LogP contribution < -0.4 is 0 Å². The van der Waals surface area contributed by atoms with Crippen molar-refractivity contribution in [3.63, 3.8) is 0 Å². The number of likely N-dealkylation sites (tertiary alicyclic amines) is 1. The van der Waals surface area contributed by atoms with Crippen molar-refractivity contribution in [2.45, 2.75) is 31.2 Å². The van der Waals surface area contributed by atoms with E-state index in [1.54, 1.807) is 11.3 Å². The van der Waals surface area contributed by atoms with E-state index in [1.165, 1.54) is 5.56 Å². The Hall–Kier alpha value is -2.93. The second-order valence-corrected chi connectivity index (χ2v) is 8.35. The van der Waals surface area contributed by atoms with Crippen LogP contribution in [-0.2, 0) is 4.79 Å². The van der Waals surface area contributed by atoms with Crippen LogP contribution in [0.1, 0.15) is 42.6 Å². The first-order valence-electron chi connectivity index (χ1n) is 10.0. The lowest BCUT2D eigenvalue weighted by molar-refractivity contribution is -0.133. The number of aromatic nitrogens is 4. The lowest BCUT2D eigenvalue weighted by Crippen LogP contribution is -2.40. The number of rotatable bonds is 5. The fourth-order valence-corrected chi connectivity index (χ4v) is 4.97. The van der Waals surface area contributed by atoms with Gasteiger partial charge in [0.1, 0.15) is 5.82 Å². The van der Waals surface area contributed by atoms with Crippen LogP contribution in [0.3, 0.4) is 0 Å². The number of carbonyl (C=O) groups excluding carboxylic acids is 1. The largest absolute Gasteiger partial charge is 0.346 e. The SMILES string of the molecule is O=C(C[C@H](c1ccsc1)n1cccc1)N1CCC[C@H](c2nnc3ccccn23)C1. The van der Waals surface area contributed by atoms with Crippen LogP contribution in [0.5, 0.6) is 0 Å². The zero-order valence-corrected chi connectivity index (χ0v) is 16.9. The van der Waals surface area contributed by atoms with Crippen LogP contribution in [0.2, 0.25) is 0 Å². The summed E-state index contributed by atoms with van der Waals surface area (Å²) in [6.45, 7) is 1.52. The molecule has 0 radical (unpaired) electrons. The van der Waals surface area contributed by atoms with E-state index in [9.17, 15) is 4.79 Å². The standard InChI is InChI=1S/C22H23N5OS/c28-21(14-19(18-8-13-29-16-18)25-9-3-4-10-25)26-11-5-6-17(15-26)22-24-23-20-7-1-2-12-27(20)22/h1-4,7-10,12-13,16-17,19H,5-6,11,14-15H2/t17-,19+/m0/s1. The minimum absolute atomic E-state index is 0.0399. The smallest absolute Gasteiger partial charge is 0.225 e. The Morgan fingerprint density at radius 3 is 2.83 bits per heavy atom. The third kappa shape index (κ3) is 3.58. The molecule has 6 nitrogen and oxygen atoms in total. The molecule has 1 aliphatic rings. The Labute approximate surface area is 173 Å². The van der Waals surface area contributed by atoms with Crippen molar-refractivity contribution < 1.29 is 4.79 Å². The summed E-state index contributed by atoms with van der Waals surface area (Å²) in [5.41, 5.74) is 2.05. The van der Waals surface area contributed by atoms with Gasteiger partial charge in [-0.2, -0.15) is 11.3 Å². The number of pyridine rings is 1. The first-order chi connectivity index (χ1) is 14.3. The molecular formula is C22H23N5OS. The van der Waals surface area contributed by atoms with Gasteiger partial charge in [-0.15, -0.1) is 10.2 Å². The number of nitrogens with zero attached hydrogens (tertiary/aromatic N) is 5. The zero-order valence-electron chi connectivity index (χ0n) is 16.1. The third-order valence-corrected chi connectivity index (χ3v) is 6.46. The van der Waals surface area contributed by atoms with Crippen LogP contribution >= 0.6 is 11.3 Å². The summed E-state index contributed by atoms with van der Waals surface area (Å²) in [6.07, 6.45) is 8.58. The second-order valence-electron chi connectivity index (χ2n) is 7.57. The van der Waals surface area contributed by atoms with E-state index in [-0.39, 0.29) is 17.9 Å². The highest BCUT2D eigenvalue weighted by atomic mass is 32.1. The molecule has 0 spiro atoms. The summed E-state index contributed by atoms with van der Waals surface area (Å²) >= 11 is 1.67. The quantitative estimate of drug-likeness (QED) is 0.505. The van der Waals surface area contributed by atoms with E-state index < -0.39 is 0 Å². The molecule has 1 saturated heterocycles. The van der Waals surface area contributed by atoms with Gasteiger partial charge in [-0.3, -0.25) is 9.20 Å². The Morgan fingerprint density at radius 2 is 2.00 bits per heavy atom. The summed E-state index contributed by atoms with van der Waals surface area (Å²) in [5, 5.41) is 12.9. The van der Waals surface area contributed by atoms with E-state index in [2.05, 4.69) is 31.6 Å². The average Bonchev–Trinajstić information content (AvgIpc) is 3.54. The normalized spacial score (nSPS) is 18.2. The Kier molecular flexibility index (Phi) is 4.89. The zero-order chi connectivity index (χ0) is 19.6. The van der Waals surface area contributed by atoms with Gasteiger partial charge in [0.2, 0.25) is 5.91 Å². The molecular weight excluding hydrogens is 382 g/mol. The molecule has 0 unspecified atom stereocenters. The van der Waals surface area contributed by atoms with Gasteiger partial charge >= 0.3 is 0 Å². The molecule has 0 N–H and O–H groups in total. The Bertz CT molecular complexity index is 1050. The van der Waals surface area contributed by atoms with E-state index in [0.717, 1.165) is 30.9 Å². The van der Waals surface area contributed by atoms with E-state index in [0.29, 0.717) is 13.0 Å². The number of carbonyl (C=O) groups is 1. The van der Waals surface area contributed by atoms with Gasteiger partial charge in [0, 0.05) is 37.6 Å². The summed E-state index contributed by atoms with van der Waals surface area (Å²) in [6, 6.07) is 12.1. The van der Waals surface area contributed by atoms with E-state index >= 15 is 0 Å². The number of thiophene rings is 1. The van der Waals surface area contributed by atoms with Gasteiger partial charge in [0.15, 0.2) is 5.65 Å². The lowest BCUT2D eigenvalue weighted by Gasteiger charge is -2.33. The monoisotopic (exact) mass is 405 g/mol. The fraction of sp³-hybridized carbons (Fsp3) is 0.318. The molecule has 4 aromatic heterocycles. The van der Waals surface area contributed by atoms with Crippen molar-refractivity contribution in [3.05, 3.63) is 77.1 Å². The highest BCUT2D eigenvalue weighted by molar-refractivity contribution is 7.08. The molecule has 148 valence electrons. The number of piperidine rings is 1. The molecule has 0 bridgehead atoms. The van der Waals surface area contributed by atoms with Crippen molar-refractivity contribution in [1.82, 2.24) is 24.1 Å². The molecule has 29 heavy (non-hydrogen) atoms. The first kappa shape index (κ1) is 18.1. The number of fused-ring (bicyclic) bond motifs is 1. The predicted molar refractivity (Wildman–Crippen MR) is 113 cm³/mol. The Balaban J connectivity index is 1.34. The predicted octanol–water partition coefficient (Wildman–Crippen LogP) is 3.98. The van der Waals surface area contributed by atoms with Gasteiger partial charge in [0.05, 0.1) is 12.5 Å².